The number of hydrogen-bond acceptors (Lipinski definition) is 4. The third kappa shape index (κ3) is 5.04. The number of ether oxygens (including phenoxy) is 2. The molecule has 0 aromatic heterocycles. The van der Waals surface area contributed by atoms with Crippen LogP contribution < -0.4 is 0 Å². The van der Waals surface area contributed by atoms with Crippen molar-refractivity contribution >= 4 is 12.1 Å². The fourth-order valence-electron chi connectivity index (χ4n) is 1.98. The van der Waals surface area contributed by atoms with Crippen molar-refractivity contribution in [3.05, 3.63) is 0 Å². The van der Waals surface area contributed by atoms with Crippen molar-refractivity contribution in [3.63, 3.8) is 0 Å². The Balaban J connectivity index is 2.45. The summed E-state index contributed by atoms with van der Waals surface area (Å²) in [5, 5.41) is 0. The Bertz CT molecular complexity index is 340. The molecule has 1 aliphatic rings. The van der Waals surface area contributed by atoms with E-state index in [4.69, 9.17) is 4.74 Å². The van der Waals surface area contributed by atoms with Gasteiger partial charge in [-0.15, -0.1) is 0 Å². The van der Waals surface area contributed by atoms with E-state index >= 15 is 0 Å². The second-order valence-electron chi connectivity index (χ2n) is 5.78. The van der Waals surface area contributed by atoms with Gasteiger partial charge in [0.15, 0.2) is 0 Å². The number of likely N-dealkylation sites (tertiary alicyclic amines) is 1. The molecule has 1 heterocycles. The zero-order valence-corrected chi connectivity index (χ0v) is 11.9. The first-order chi connectivity index (χ1) is 8.73. The quantitative estimate of drug-likeness (QED) is 0.740. The van der Waals surface area contributed by atoms with Crippen LogP contribution in [0.2, 0.25) is 0 Å². The van der Waals surface area contributed by atoms with Crippen LogP contribution in [0.1, 0.15) is 33.6 Å². The molecule has 0 bridgehead atoms. The molecule has 0 unspecified atom stereocenters. The first-order valence-electron chi connectivity index (χ1n) is 6.41. The van der Waals surface area contributed by atoms with E-state index in [0.717, 1.165) is 0 Å². The van der Waals surface area contributed by atoms with Gasteiger partial charge in [0.05, 0.1) is 13.7 Å². The van der Waals surface area contributed by atoms with Gasteiger partial charge in [0.1, 0.15) is 11.8 Å². The predicted molar refractivity (Wildman–Crippen MR) is 67.4 cm³/mol. The van der Waals surface area contributed by atoms with Gasteiger partial charge < -0.3 is 14.4 Å². The zero-order chi connectivity index (χ0) is 14.6. The van der Waals surface area contributed by atoms with Crippen LogP contribution in [0.25, 0.3) is 0 Å². The minimum absolute atomic E-state index is 0.0285. The maximum absolute atomic E-state index is 13.8. The summed E-state index contributed by atoms with van der Waals surface area (Å²) in [5.74, 6) is -0.686. The number of nitrogens with zero attached hydrogens (tertiary/aromatic N) is 1. The maximum Gasteiger partial charge on any atom is 0.410 e. The molecule has 0 aromatic carbocycles. The van der Waals surface area contributed by atoms with E-state index in [-0.39, 0.29) is 31.4 Å². The van der Waals surface area contributed by atoms with E-state index in [2.05, 4.69) is 4.74 Å². The Labute approximate surface area is 113 Å². The molecule has 1 fully saturated rings. The Morgan fingerprint density at radius 2 is 1.95 bits per heavy atom. The van der Waals surface area contributed by atoms with Gasteiger partial charge in [-0.3, -0.25) is 4.79 Å². The largest absolute Gasteiger partial charge is 0.469 e. The molecule has 19 heavy (non-hydrogen) atoms. The van der Waals surface area contributed by atoms with Crippen LogP contribution in [0.4, 0.5) is 9.18 Å². The maximum atomic E-state index is 13.8. The molecule has 1 rings (SSSR count). The molecule has 2 atom stereocenters. The highest BCUT2D eigenvalue weighted by Crippen LogP contribution is 2.26. The Morgan fingerprint density at radius 1 is 1.32 bits per heavy atom. The van der Waals surface area contributed by atoms with Crippen molar-refractivity contribution in [2.24, 2.45) is 5.92 Å². The van der Waals surface area contributed by atoms with Gasteiger partial charge in [0.2, 0.25) is 0 Å². The number of esters is 1. The number of alkyl halides is 1. The number of carbonyl (C=O) groups is 2. The van der Waals surface area contributed by atoms with Gasteiger partial charge in [-0.2, -0.15) is 0 Å². The van der Waals surface area contributed by atoms with E-state index in [1.807, 2.05) is 0 Å². The van der Waals surface area contributed by atoms with Crippen LogP contribution in [-0.4, -0.2) is 48.9 Å². The lowest BCUT2D eigenvalue weighted by atomic mass is 10.0. The summed E-state index contributed by atoms with van der Waals surface area (Å²) < 4.78 is 23.5. The summed E-state index contributed by atoms with van der Waals surface area (Å²) in [6, 6.07) is 0. The minimum Gasteiger partial charge on any atom is -0.469 e. The second kappa shape index (κ2) is 6.21. The lowest BCUT2D eigenvalue weighted by Crippen LogP contribution is -2.35. The minimum atomic E-state index is -1.11. The molecule has 1 saturated heterocycles. The molecule has 6 heteroatoms. The van der Waals surface area contributed by atoms with Gasteiger partial charge >= 0.3 is 12.1 Å². The van der Waals surface area contributed by atoms with Crippen molar-refractivity contribution in [2.75, 3.05) is 20.2 Å². The Morgan fingerprint density at radius 3 is 2.47 bits per heavy atom. The summed E-state index contributed by atoms with van der Waals surface area (Å²) in [5.41, 5.74) is -0.590. The van der Waals surface area contributed by atoms with Crippen molar-refractivity contribution in [1.82, 2.24) is 4.90 Å². The highest BCUT2D eigenvalue weighted by atomic mass is 19.1. The molecule has 1 aliphatic heterocycles. The van der Waals surface area contributed by atoms with Crippen LogP contribution in [-0.2, 0) is 14.3 Å². The standard InChI is InChI=1S/C13H22FNO4/c1-13(2,3)19-12(17)15-7-9(10(14)8-15)5-6-11(16)18-4/h9-10H,5-8H2,1-4H3/t9-,10+/m0/s1. The highest BCUT2D eigenvalue weighted by Gasteiger charge is 2.37. The first kappa shape index (κ1) is 15.7. The van der Waals surface area contributed by atoms with E-state index in [9.17, 15) is 14.0 Å². The topological polar surface area (TPSA) is 55.8 Å². The van der Waals surface area contributed by atoms with E-state index < -0.39 is 17.9 Å². The second-order valence-corrected chi connectivity index (χ2v) is 5.78. The van der Waals surface area contributed by atoms with Crippen LogP contribution >= 0.6 is 0 Å². The van der Waals surface area contributed by atoms with Gasteiger partial charge in [0.25, 0.3) is 0 Å². The molecule has 0 aromatic rings. The average Bonchev–Trinajstić information content (AvgIpc) is 2.65. The molecular formula is C13H22FNO4. The molecule has 0 radical (unpaired) electrons. The van der Waals surface area contributed by atoms with Crippen molar-refractivity contribution in [1.29, 1.82) is 0 Å². The van der Waals surface area contributed by atoms with Crippen molar-refractivity contribution in [3.8, 4) is 0 Å². The van der Waals surface area contributed by atoms with Crippen molar-refractivity contribution in [2.45, 2.75) is 45.4 Å². The van der Waals surface area contributed by atoms with E-state index in [1.54, 1.807) is 20.8 Å². The van der Waals surface area contributed by atoms with Gasteiger partial charge in [-0.05, 0) is 27.2 Å². The van der Waals surface area contributed by atoms with Crippen molar-refractivity contribution < 1.29 is 23.5 Å². The van der Waals surface area contributed by atoms with Gasteiger partial charge in [-0.1, -0.05) is 0 Å². The molecule has 110 valence electrons. The number of carbonyl (C=O) groups excluding carboxylic acids is 2. The predicted octanol–water partition coefficient (Wildman–Crippen LogP) is 2.14. The van der Waals surface area contributed by atoms with Crippen LogP contribution in [0.15, 0.2) is 0 Å². The third-order valence-corrected chi connectivity index (χ3v) is 2.96. The zero-order valence-electron chi connectivity index (χ0n) is 11.9. The highest BCUT2D eigenvalue weighted by molar-refractivity contribution is 5.69. The Kier molecular flexibility index (Phi) is 5.14. The molecule has 0 saturated carbocycles. The smallest absolute Gasteiger partial charge is 0.410 e. The van der Waals surface area contributed by atoms with Crippen LogP contribution in [0.5, 0.6) is 0 Å². The first-order valence-corrected chi connectivity index (χ1v) is 6.41. The normalized spacial score (nSPS) is 23.3. The fraction of sp³-hybridized carbons (Fsp3) is 0.846. The third-order valence-electron chi connectivity index (χ3n) is 2.96. The summed E-state index contributed by atoms with van der Waals surface area (Å²) in [6.45, 7) is 5.61. The lowest BCUT2D eigenvalue weighted by Gasteiger charge is -2.24. The van der Waals surface area contributed by atoms with E-state index in [0.29, 0.717) is 6.42 Å². The van der Waals surface area contributed by atoms with Crippen LogP contribution in [0.3, 0.4) is 0 Å². The molecule has 1 amide bonds. The lowest BCUT2D eigenvalue weighted by molar-refractivity contribution is -0.141. The summed E-state index contributed by atoms with van der Waals surface area (Å²) in [7, 11) is 1.30. The average molecular weight is 275 g/mol. The molecule has 5 nitrogen and oxygen atoms in total. The number of methoxy groups -OCH3 is 1. The molecular weight excluding hydrogens is 253 g/mol. The van der Waals surface area contributed by atoms with Crippen LogP contribution in [0, 0.1) is 5.92 Å². The molecule has 0 aliphatic carbocycles. The number of amides is 1. The SMILES string of the molecule is COC(=O)CC[C@H]1CN(C(=O)OC(C)(C)C)C[C@H]1F. The number of halogens is 1. The fourth-order valence-corrected chi connectivity index (χ4v) is 1.98. The molecule has 0 N–H and O–H groups in total. The summed E-state index contributed by atoms with van der Waals surface area (Å²) in [4.78, 5) is 24.2. The number of hydrogen-bond donors (Lipinski definition) is 0. The van der Waals surface area contributed by atoms with Gasteiger partial charge in [-0.25, -0.2) is 9.18 Å². The summed E-state index contributed by atoms with van der Waals surface area (Å²) >= 11 is 0. The Hall–Kier alpha value is -1.33. The monoisotopic (exact) mass is 275 g/mol. The number of rotatable bonds is 3. The molecule has 0 spiro atoms. The summed E-state index contributed by atoms with van der Waals surface area (Å²) in [6.07, 6.45) is -1.07. The van der Waals surface area contributed by atoms with E-state index in [1.165, 1.54) is 12.0 Å². The van der Waals surface area contributed by atoms with Gasteiger partial charge in [0, 0.05) is 18.9 Å².